The summed E-state index contributed by atoms with van der Waals surface area (Å²) in [6, 6.07) is 5.42. The Morgan fingerprint density at radius 2 is 1.86 bits per heavy atom. The van der Waals surface area contributed by atoms with E-state index in [1.54, 1.807) is 26.0 Å². The van der Waals surface area contributed by atoms with Gasteiger partial charge in [0.1, 0.15) is 11.4 Å². The molecule has 2 aromatic rings. The molecule has 1 aliphatic carbocycles. The number of allylic oxidation sites excluding steroid dienone is 1. The van der Waals surface area contributed by atoms with Gasteiger partial charge in [-0.1, -0.05) is 24.3 Å². The van der Waals surface area contributed by atoms with Crippen LogP contribution < -0.4 is 0 Å². The van der Waals surface area contributed by atoms with Crippen molar-refractivity contribution in [1.29, 1.82) is 0 Å². The van der Waals surface area contributed by atoms with Crippen LogP contribution in [0.15, 0.2) is 24.3 Å². The maximum atomic E-state index is 12.3. The van der Waals surface area contributed by atoms with Crippen molar-refractivity contribution in [3.05, 3.63) is 46.5 Å². The average Bonchev–Trinajstić information content (AvgIpc) is 2.67. The van der Waals surface area contributed by atoms with Crippen molar-refractivity contribution in [2.45, 2.75) is 19.4 Å². The van der Waals surface area contributed by atoms with Gasteiger partial charge in [-0.2, -0.15) is 0 Å². The van der Waals surface area contributed by atoms with E-state index in [2.05, 4.69) is 0 Å². The lowest BCUT2D eigenvalue weighted by atomic mass is 9.82. The van der Waals surface area contributed by atoms with Gasteiger partial charge in [-0.25, -0.2) is 4.79 Å². The van der Waals surface area contributed by atoms with Crippen LogP contribution in [0, 0.1) is 0 Å². The van der Waals surface area contributed by atoms with Crippen LogP contribution in [0.3, 0.4) is 0 Å². The molecule has 0 unspecified atom stereocenters. The molecule has 104 valence electrons. The molecule has 0 atom stereocenters. The molecule has 1 N–H and O–H groups in total. The van der Waals surface area contributed by atoms with Crippen LogP contribution in [0.4, 0.5) is 0 Å². The van der Waals surface area contributed by atoms with Crippen molar-refractivity contribution in [3.8, 4) is 5.75 Å². The lowest BCUT2D eigenvalue weighted by Crippen LogP contribution is -2.16. The van der Waals surface area contributed by atoms with Gasteiger partial charge in [-0.3, -0.25) is 4.79 Å². The summed E-state index contributed by atoms with van der Waals surface area (Å²) >= 11 is 0. The molecule has 4 rings (SSSR count). The van der Waals surface area contributed by atoms with Crippen LogP contribution >= 0.6 is 0 Å². The molecule has 1 heterocycles. The summed E-state index contributed by atoms with van der Waals surface area (Å²) in [4.78, 5) is 24.6. The predicted molar refractivity (Wildman–Crippen MR) is 77.4 cm³/mol. The van der Waals surface area contributed by atoms with Crippen molar-refractivity contribution >= 4 is 28.6 Å². The largest absolute Gasteiger partial charge is 0.507 e. The smallest absolute Gasteiger partial charge is 0.340 e. The molecule has 0 amide bonds. The molecule has 0 radical (unpaired) electrons. The summed E-state index contributed by atoms with van der Waals surface area (Å²) in [5, 5.41) is 11.8. The molecule has 1 aliphatic heterocycles. The van der Waals surface area contributed by atoms with Crippen LogP contribution in [0.5, 0.6) is 5.75 Å². The summed E-state index contributed by atoms with van der Waals surface area (Å²) in [5.74, 6) is -0.769. The molecule has 4 nitrogen and oxygen atoms in total. The van der Waals surface area contributed by atoms with Gasteiger partial charge in [0.15, 0.2) is 5.78 Å². The SMILES string of the molecule is CC1(C)OC(=O)c2c1c(O)c1cccc3c1c2C(=O)C=C3. The first-order valence-corrected chi connectivity index (χ1v) is 6.69. The van der Waals surface area contributed by atoms with E-state index in [4.69, 9.17) is 4.74 Å². The normalized spacial score (nSPS) is 18.0. The number of cyclic esters (lactones) is 1. The Bertz CT molecular complexity index is 888. The van der Waals surface area contributed by atoms with Crippen LogP contribution in [0.25, 0.3) is 16.8 Å². The van der Waals surface area contributed by atoms with Gasteiger partial charge in [-0.15, -0.1) is 0 Å². The Balaban J connectivity index is 2.32. The minimum absolute atomic E-state index is 0.0181. The number of benzene rings is 2. The quantitative estimate of drug-likeness (QED) is 0.753. The highest BCUT2D eigenvalue weighted by atomic mass is 16.6. The molecule has 0 fully saturated rings. The lowest BCUT2D eigenvalue weighted by Gasteiger charge is -2.21. The van der Waals surface area contributed by atoms with Gasteiger partial charge in [0.25, 0.3) is 0 Å². The third-order valence-corrected chi connectivity index (χ3v) is 4.15. The Morgan fingerprint density at radius 1 is 1.10 bits per heavy atom. The number of esters is 1. The van der Waals surface area contributed by atoms with Crippen LogP contribution in [0.2, 0.25) is 0 Å². The Hall–Kier alpha value is -2.62. The number of hydrogen-bond donors (Lipinski definition) is 1. The molecule has 21 heavy (non-hydrogen) atoms. The second-order valence-electron chi connectivity index (χ2n) is 5.84. The number of rotatable bonds is 0. The number of aromatic hydroxyl groups is 1. The molecular weight excluding hydrogens is 268 g/mol. The summed E-state index contributed by atoms with van der Waals surface area (Å²) in [6.45, 7) is 3.42. The zero-order valence-corrected chi connectivity index (χ0v) is 11.6. The molecule has 0 saturated carbocycles. The Labute approximate surface area is 120 Å². The van der Waals surface area contributed by atoms with Gasteiger partial charge < -0.3 is 9.84 Å². The molecule has 0 aromatic heterocycles. The number of carbonyl (C=O) groups is 2. The van der Waals surface area contributed by atoms with Crippen molar-refractivity contribution in [3.63, 3.8) is 0 Å². The summed E-state index contributed by atoms with van der Waals surface area (Å²) < 4.78 is 5.35. The van der Waals surface area contributed by atoms with E-state index >= 15 is 0 Å². The average molecular weight is 280 g/mol. The zero-order valence-electron chi connectivity index (χ0n) is 11.6. The van der Waals surface area contributed by atoms with Gasteiger partial charge in [0.2, 0.25) is 0 Å². The maximum absolute atomic E-state index is 12.3. The topological polar surface area (TPSA) is 63.6 Å². The lowest BCUT2D eigenvalue weighted by molar-refractivity contribution is 0.00898. The third kappa shape index (κ3) is 1.34. The summed E-state index contributed by atoms with van der Waals surface area (Å²) in [7, 11) is 0. The van der Waals surface area contributed by atoms with Crippen LogP contribution in [-0.2, 0) is 10.3 Å². The molecule has 0 bridgehead atoms. The predicted octanol–water partition coefficient (Wildman–Crippen LogP) is 3.16. The van der Waals surface area contributed by atoms with E-state index in [-0.39, 0.29) is 17.1 Å². The minimum atomic E-state index is -0.946. The maximum Gasteiger partial charge on any atom is 0.340 e. The second kappa shape index (κ2) is 3.52. The highest BCUT2D eigenvalue weighted by Crippen LogP contribution is 2.48. The number of fused-ring (bicyclic) bond motifs is 2. The molecule has 0 saturated heterocycles. The van der Waals surface area contributed by atoms with E-state index in [1.165, 1.54) is 6.08 Å². The number of phenolic OH excluding ortho intramolecular Hbond substituents is 1. The van der Waals surface area contributed by atoms with Crippen molar-refractivity contribution < 1.29 is 19.4 Å². The van der Waals surface area contributed by atoms with E-state index in [0.717, 1.165) is 5.56 Å². The Kier molecular flexibility index (Phi) is 2.04. The molecular formula is C17H12O4. The summed E-state index contributed by atoms with van der Waals surface area (Å²) in [6.07, 6.45) is 3.15. The first kappa shape index (κ1) is 12.1. The molecule has 0 spiro atoms. The van der Waals surface area contributed by atoms with Gasteiger partial charge in [-0.05, 0) is 25.5 Å². The molecule has 2 aromatic carbocycles. The van der Waals surface area contributed by atoms with Gasteiger partial charge in [0.05, 0.1) is 11.1 Å². The minimum Gasteiger partial charge on any atom is -0.507 e. The standard InChI is InChI=1S/C17H12O4/c1-17(2)14-13(16(20)21-17)12-10(18)7-6-8-4-3-5-9(11(8)12)15(14)19/h3-7,19H,1-2H3. The van der Waals surface area contributed by atoms with E-state index < -0.39 is 11.6 Å². The number of carbonyl (C=O) groups excluding carboxylic acids is 2. The van der Waals surface area contributed by atoms with Crippen LogP contribution in [0.1, 0.15) is 45.7 Å². The van der Waals surface area contributed by atoms with Gasteiger partial charge >= 0.3 is 5.97 Å². The molecule has 4 heteroatoms. The number of ether oxygens (including phenoxy) is 1. The van der Waals surface area contributed by atoms with Crippen LogP contribution in [-0.4, -0.2) is 16.9 Å². The fourth-order valence-electron chi connectivity index (χ4n) is 3.31. The van der Waals surface area contributed by atoms with Gasteiger partial charge in [0, 0.05) is 16.3 Å². The van der Waals surface area contributed by atoms with Crippen molar-refractivity contribution in [1.82, 2.24) is 0 Å². The van der Waals surface area contributed by atoms with E-state index in [1.807, 2.05) is 12.1 Å². The second-order valence-corrected chi connectivity index (χ2v) is 5.84. The number of phenols is 1. The van der Waals surface area contributed by atoms with E-state index in [0.29, 0.717) is 21.9 Å². The van der Waals surface area contributed by atoms with E-state index in [9.17, 15) is 14.7 Å². The number of hydrogen-bond acceptors (Lipinski definition) is 4. The fraction of sp³-hybridized carbons (Fsp3) is 0.176. The zero-order chi connectivity index (χ0) is 14.9. The summed E-state index contributed by atoms with van der Waals surface area (Å²) in [5.41, 5.74) is 0.810. The monoisotopic (exact) mass is 280 g/mol. The van der Waals surface area contributed by atoms with Crippen molar-refractivity contribution in [2.75, 3.05) is 0 Å². The third-order valence-electron chi connectivity index (χ3n) is 4.15. The van der Waals surface area contributed by atoms with Crippen molar-refractivity contribution in [2.24, 2.45) is 0 Å². The Morgan fingerprint density at radius 3 is 2.62 bits per heavy atom. The number of ketones is 1. The highest BCUT2D eigenvalue weighted by Gasteiger charge is 2.44. The molecule has 2 aliphatic rings. The fourth-order valence-corrected chi connectivity index (χ4v) is 3.31. The first-order chi connectivity index (χ1) is 9.92. The highest BCUT2D eigenvalue weighted by molar-refractivity contribution is 6.26. The first-order valence-electron chi connectivity index (χ1n) is 6.69.